The van der Waals surface area contributed by atoms with Gasteiger partial charge in [-0.05, 0) is 5.56 Å². The van der Waals surface area contributed by atoms with E-state index >= 15 is 0 Å². The van der Waals surface area contributed by atoms with E-state index in [-0.39, 0.29) is 22.5 Å². The van der Waals surface area contributed by atoms with Crippen molar-refractivity contribution >= 4 is 8.41 Å². The van der Waals surface area contributed by atoms with Gasteiger partial charge in [-0.2, -0.15) is 0 Å². The van der Waals surface area contributed by atoms with Crippen LogP contribution in [0.1, 0.15) is 5.56 Å². The third-order valence-corrected chi connectivity index (χ3v) is 1.08. The predicted octanol–water partition coefficient (Wildman–Crippen LogP) is -8.22. The Morgan fingerprint density at radius 1 is 0.917 bits per heavy atom. The molecule has 0 radical (unpaired) electrons. The molecule has 0 aliphatic carbocycles. The molecule has 0 atom stereocenters. The van der Waals surface area contributed by atoms with Gasteiger partial charge in [-0.1, -0.05) is 30.3 Å². The van der Waals surface area contributed by atoms with Crippen molar-refractivity contribution < 1.29 is 14.1 Å². The standard InChI is InChI=1S/C7H9N.B.3FH/c8-6-7-4-2-1-3-5-7;;;;/h1-5H,6,8H2;;3*1H/q;+3;;;/p-3. The van der Waals surface area contributed by atoms with Crippen LogP contribution < -0.4 is 19.8 Å². The minimum absolute atomic E-state index is 0. The first kappa shape index (κ1) is 22.5. The molecule has 0 spiro atoms. The zero-order chi connectivity index (χ0) is 5.82. The Bertz CT molecular complexity index is 160. The van der Waals surface area contributed by atoms with E-state index in [2.05, 4.69) is 0 Å². The molecule has 0 unspecified atom stereocenters. The summed E-state index contributed by atoms with van der Waals surface area (Å²) in [5.74, 6) is 0. The zero-order valence-electron chi connectivity index (χ0n) is 6.38. The summed E-state index contributed by atoms with van der Waals surface area (Å²) in [6, 6.07) is 9.99. The van der Waals surface area contributed by atoms with E-state index in [9.17, 15) is 0 Å². The van der Waals surface area contributed by atoms with Gasteiger partial charge in [0.1, 0.15) is 0 Å². The second-order valence-corrected chi connectivity index (χ2v) is 1.69. The van der Waals surface area contributed by atoms with Gasteiger partial charge in [-0.15, -0.1) is 0 Å². The van der Waals surface area contributed by atoms with Crippen LogP contribution in [0.15, 0.2) is 30.3 Å². The zero-order valence-corrected chi connectivity index (χ0v) is 6.38. The molecule has 0 aliphatic heterocycles. The first-order valence-corrected chi connectivity index (χ1v) is 2.67. The van der Waals surface area contributed by atoms with Gasteiger partial charge in [-0.25, -0.2) is 0 Å². The molecule has 0 fully saturated rings. The maximum Gasteiger partial charge on any atom is 3.00 e. The molecule has 0 bridgehead atoms. The van der Waals surface area contributed by atoms with Crippen molar-refractivity contribution in [2.45, 2.75) is 6.54 Å². The molecule has 1 aromatic carbocycles. The van der Waals surface area contributed by atoms with Gasteiger partial charge >= 0.3 is 8.41 Å². The molecule has 1 aromatic rings. The third-order valence-electron chi connectivity index (χ3n) is 1.08. The van der Waals surface area contributed by atoms with Crippen molar-refractivity contribution in [2.75, 3.05) is 0 Å². The number of benzene rings is 1. The van der Waals surface area contributed by atoms with E-state index in [1.807, 2.05) is 30.3 Å². The first-order chi connectivity index (χ1) is 3.93. The van der Waals surface area contributed by atoms with Crippen LogP contribution in [0.2, 0.25) is 0 Å². The Labute approximate surface area is 71.6 Å². The monoisotopic (exact) mass is 175 g/mol. The van der Waals surface area contributed by atoms with Gasteiger partial charge in [0, 0.05) is 6.54 Å². The molecule has 2 N–H and O–H groups in total. The third kappa shape index (κ3) is 7.15. The van der Waals surface area contributed by atoms with Crippen LogP contribution in [0.3, 0.4) is 0 Å². The van der Waals surface area contributed by atoms with Gasteiger partial charge in [0.05, 0.1) is 0 Å². The number of rotatable bonds is 1. The van der Waals surface area contributed by atoms with Crippen LogP contribution in [-0.2, 0) is 6.54 Å². The van der Waals surface area contributed by atoms with Gasteiger partial charge in [0.2, 0.25) is 0 Å². The molecule has 0 heterocycles. The molecule has 1 nitrogen and oxygen atoms in total. The topological polar surface area (TPSA) is 26.0 Å². The fourth-order valence-corrected chi connectivity index (χ4v) is 0.614. The number of nitrogens with two attached hydrogens (primary N) is 1. The van der Waals surface area contributed by atoms with Crippen molar-refractivity contribution in [3.63, 3.8) is 0 Å². The van der Waals surface area contributed by atoms with Gasteiger partial charge < -0.3 is 19.8 Å². The summed E-state index contributed by atoms with van der Waals surface area (Å²) in [4.78, 5) is 0. The molecule has 0 aromatic heterocycles. The largest absolute Gasteiger partial charge is 3.00 e. The Hall–Kier alpha value is -0.965. The molecule has 66 valence electrons. The molecular formula is C7H9BF3N. The van der Waals surface area contributed by atoms with Crippen molar-refractivity contribution in [2.24, 2.45) is 5.73 Å². The Kier molecular flexibility index (Phi) is 23.7. The van der Waals surface area contributed by atoms with Gasteiger partial charge in [0.25, 0.3) is 0 Å². The van der Waals surface area contributed by atoms with Crippen molar-refractivity contribution in [1.29, 1.82) is 0 Å². The first-order valence-electron chi connectivity index (χ1n) is 2.67. The molecular weight excluding hydrogens is 166 g/mol. The number of halogens is 3. The SMILES string of the molecule is NCc1ccccc1.[B+3].[F-].[F-].[F-]. The summed E-state index contributed by atoms with van der Waals surface area (Å²) >= 11 is 0. The molecule has 0 saturated heterocycles. The van der Waals surface area contributed by atoms with Crippen LogP contribution in [0.25, 0.3) is 0 Å². The smallest absolute Gasteiger partial charge is 1.00 e. The normalized spacial score (nSPS) is 6.08. The van der Waals surface area contributed by atoms with E-state index in [4.69, 9.17) is 5.73 Å². The molecule has 0 amide bonds. The molecule has 0 aliphatic rings. The van der Waals surface area contributed by atoms with Crippen LogP contribution in [0, 0.1) is 0 Å². The summed E-state index contributed by atoms with van der Waals surface area (Å²) in [6.45, 7) is 0.640. The minimum atomic E-state index is 0. The summed E-state index contributed by atoms with van der Waals surface area (Å²) in [7, 11) is 0. The quantitative estimate of drug-likeness (QED) is 0.421. The van der Waals surface area contributed by atoms with Gasteiger partial charge in [-0.3, -0.25) is 0 Å². The van der Waals surface area contributed by atoms with E-state index in [1.165, 1.54) is 5.56 Å². The van der Waals surface area contributed by atoms with Crippen LogP contribution in [0.5, 0.6) is 0 Å². The Morgan fingerprint density at radius 3 is 1.58 bits per heavy atom. The van der Waals surface area contributed by atoms with Gasteiger partial charge in [0.15, 0.2) is 0 Å². The molecule has 1 rings (SSSR count). The fourth-order valence-electron chi connectivity index (χ4n) is 0.614. The van der Waals surface area contributed by atoms with Crippen LogP contribution >= 0.6 is 0 Å². The van der Waals surface area contributed by atoms with Crippen LogP contribution in [0.4, 0.5) is 0 Å². The maximum atomic E-state index is 5.35. The summed E-state index contributed by atoms with van der Waals surface area (Å²) in [6.07, 6.45) is 0. The summed E-state index contributed by atoms with van der Waals surface area (Å²) in [5, 5.41) is 0. The maximum absolute atomic E-state index is 5.35. The predicted molar refractivity (Wildman–Crippen MR) is 40.1 cm³/mol. The molecule has 5 heteroatoms. The summed E-state index contributed by atoms with van der Waals surface area (Å²) in [5.41, 5.74) is 6.54. The Balaban J connectivity index is -0.0000000800. The van der Waals surface area contributed by atoms with Crippen molar-refractivity contribution in [3.8, 4) is 0 Å². The van der Waals surface area contributed by atoms with Crippen LogP contribution in [-0.4, -0.2) is 8.41 Å². The average Bonchev–Trinajstić information content (AvgIpc) is 1.90. The number of hydrogen-bond acceptors (Lipinski definition) is 1. The van der Waals surface area contributed by atoms with E-state index < -0.39 is 0 Å². The fraction of sp³-hybridized carbons (Fsp3) is 0.143. The van der Waals surface area contributed by atoms with E-state index in [1.54, 1.807) is 0 Å². The second-order valence-electron chi connectivity index (χ2n) is 1.69. The Morgan fingerprint density at radius 2 is 1.33 bits per heavy atom. The van der Waals surface area contributed by atoms with Crippen molar-refractivity contribution in [3.05, 3.63) is 35.9 Å². The van der Waals surface area contributed by atoms with E-state index in [0.717, 1.165) is 0 Å². The average molecular weight is 175 g/mol. The molecule has 0 saturated carbocycles. The second kappa shape index (κ2) is 12.7. The minimum Gasteiger partial charge on any atom is -1.00 e. The summed E-state index contributed by atoms with van der Waals surface area (Å²) < 4.78 is 0. The van der Waals surface area contributed by atoms with E-state index in [0.29, 0.717) is 6.54 Å². The van der Waals surface area contributed by atoms with Crippen molar-refractivity contribution in [1.82, 2.24) is 0 Å². The molecule has 12 heavy (non-hydrogen) atoms. The number of hydrogen-bond donors (Lipinski definition) is 1.